The van der Waals surface area contributed by atoms with E-state index >= 15 is 0 Å². The molecule has 5 rings (SSSR count). The molecule has 1 aromatic heterocycles. The molecule has 1 amide bonds. The van der Waals surface area contributed by atoms with Gasteiger partial charge in [-0.2, -0.15) is 0 Å². The number of hydrogen-bond acceptors (Lipinski definition) is 5. The first-order valence-corrected chi connectivity index (χ1v) is 11.1. The summed E-state index contributed by atoms with van der Waals surface area (Å²) >= 11 is 6.14. The fraction of sp³-hybridized carbons (Fsp3) is 0.111. The van der Waals surface area contributed by atoms with Crippen molar-refractivity contribution in [2.45, 2.75) is 13.0 Å². The lowest BCUT2D eigenvalue weighted by Gasteiger charge is -2.27. The molecule has 0 radical (unpaired) electrons. The molecule has 2 heterocycles. The smallest absolute Gasteiger partial charge is 0.294 e. The highest BCUT2D eigenvalue weighted by Crippen LogP contribution is 2.44. The van der Waals surface area contributed by atoms with Gasteiger partial charge in [0, 0.05) is 22.2 Å². The number of carbonyl (C=O) groups is 2. The number of fused-ring (bicyclic) bond motifs is 1. The summed E-state index contributed by atoms with van der Waals surface area (Å²) in [5.41, 5.74) is 1.73. The maximum Gasteiger partial charge on any atom is 0.294 e. The number of hydrogen-bond donors (Lipinski definition) is 1. The highest BCUT2D eigenvalue weighted by molar-refractivity contribution is 6.31. The standard InChI is InChI=1S/C27H19ClFNO5/c1-14-6-3-4-9-19(14)23-22(25(32)27(33)30(23)18-8-5-7-17(29)13-18)24(31)20-11-15-10-16(28)12-21(34-2)26(15)35-20/h3-13,23,32H,1-2H3. The average Bonchev–Trinajstić information content (AvgIpc) is 3.37. The lowest BCUT2D eigenvalue weighted by atomic mass is 9.92. The maximum absolute atomic E-state index is 14.1. The van der Waals surface area contributed by atoms with E-state index in [-0.39, 0.29) is 17.0 Å². The molecule has 0 aliphatic carbocycles. The Morgan fingerprint density at radius 3 is 2.60 bits per heavy atom. The predicted octanol–water partition coefficient (Wildman–Crippen LogP) is 6.33. The Balaban J connectivity index is 1.69. The number of Topliss-reactive ketones (excluding diaryl/α,β-unsaturated/α-hetero) is 1. The van der Waals surface area contributed by atoms with E-state index in [2.05, 4.69) is 0 Å². The van der Waals surface area contributed by atoms with Gasteiger partial charge in [0.05, 0.1) is 18.7 Å². The SMILES string of the molecule is COc1cc(Cl)cc2cc(C(=O)C3=C(O)C(=O)N(c4cccc(F)c4)C3c3ccccc3C)oc12. The Bertz CT molecular complexity index is 1540. The summed E-state index contributed by atoms with van der Waals surface area (Å²) in [6.45, 7) is 1.83. The van der Waals surface area contributed by atoms with Crippen LogP contribution in [0.4, 0.5) is 10.1 Å². The van der Waals surface area contributed by atoms with Crippen LogP contribution >= 0.6 is 11.6 Å². The molecule has 6 nitrogen and oxygen atoms in total. The summed E-state index contributed by atoms with van der Waals surface area (Å²) in [5, 5.41) is 11.8. The highest BCUT2D eigenvalue weighted by atomic mass is 35.5. The highest BCUT2D eigenvalue weighted by Gasteiger charge is 2.46. The van der Waals surface area contributed by atoms with E-state index in [9.17, 15) is 19.1 Å². The van der Waals surface area contributed by atoms with Crippen LogP contribution in [0.25, 0.3) is 11.0 Å². The van der Waals surface area contributed by atoms with Crippen LogP contribution in [0.3, 0.4) is 0 Å². The molecular weight excluding hydrogens is 473 g/mol. The van der Waals surface area contributed by atoms with Crippen molar-refractivity contribution in [1.82, 2.24) is 0 Å². The summed E-state index contributed by atoms with van der Waals surface area (Å²) in [4.78, 5) is 28.2. The van der Waals surface area contributed by atoms with Gasteiger partial charge in [0.15, 0.2) is 22.9 Å². The number of furan rings is 1. The molecule has 0 saturated carbocycles. The first-order valence-electron chi connectivity index (χ1n) is 10.7. The van der Waals surface area contributed by atoms with Crippen LogP contribution in [0, 0.1) is 12.7 Å². The molecule has 1 unspecified atom stereocenters. The Labute approximate surface area is 204 Å². The molecule has 3 aromatic carbocycles. The third-order valence-electron chi connectivity index (χ3n) is 6.01. The Morgan fingerprint density at radius 2 is 1.89 bits per heavy atom. The molecule has 1 atom stereocenters. The van der Waals surface area contributed by atoms with Gasteiger partial charge in [0.2, 0.25) is 5.78 Å². The minimum Gasteiger partial charge on any atom is -0.503 e. The van der Waals surface area contributed by atoms with Crippen LogP contribution in [0.15, 0.2) is 82.5 Å². The summed E-state index contributed by atoms with van der Waals surface area (Å²) in [6.07, 6.45) is 0. The lowest BCUT2D eigenvalue weighted by Crippen LogP contribution is -2.31. The summed E-state index contributed by atoms with van der Waals surface area (Å²) in [5.74, 6) is -2.54. The molecule has 0 fully saturated rings. The number of benzene rings is 3. The number of ether oxygens (including phenoxy) is 1. The van der Waals surface area contributed by atoms with Gasteiger partial charge in [0.25, 0.3) is 5.91 Å². The number of ketones is 1. The van der Waals surface area contributed by atoms with Crippen molar-refractivity contribution in [1.29, 1.82) is 0 Å². The van der Waals surface area contributed by atoms with Crippen LogP contribution in [-0.4, -0.2) is 23.9 Å². The summed E-state index contributed by atoms with van der Waals surface area (Å²) in [7, 11) is 1.45. The van der Waals surface area contributed by atoms with Crippen LogP contribution < -0.4 is 9.64 Å². The first kappa shape index (κ1) is 22.7. The van der Waals surface area contributed by atoms with E-state index in [4.69, 9.17) is 20.8 Å². The Hall–Kier alpha value is -4.10. The average molecular weight is 492 g/mol. The molecule has 8 heteroatoms. The first-order chi connectivity index (χ1) is 16.8. The minimum absolute atomic E-state index is 0.102. The molecule has 1 aliphatic rings. The number of anilines is 1. The van der Waals surface area contributed by atoms with E-state index in [0.29, 0.717) is 27.3 Å². The van der Waals surface area contributed by atoms with Crippen LogP contribution in [-0.2, 0) is 4.79 Å². The molecule has 4 aromatic rings. The zero-order valence-electron chi connectivity index (χ0n) is 18.7. The van der Waals surface area contributed by atoms with Crippen molar-refractivity contribution >= 4 is 39.9 Å². The van der Waals surface area contributed by atoms with Gasteiger partial charge in [-0.25, -0.2) is 4.39 Å². The minimum atomic E-state index is -1.00. The molecule has 176 valence electrons. The third-order valence-corrected chi connectivity index (χ3v) is 6.23. The second-order valence-electron chi connectivity index (χ2n) is 8.14. The van der Waals surface area contributed by atoms with E-state index in [0.717, 1.165) is 5.56 Å². The number of aliphatic hydroxyl groups is 1. The van der Waals surface area contributed by atoms with Crippen molar-refractivity contribution < 1.29 is 28.2 Å². The zero-order valence-corrected chi connectivity index (χ0v) is 19.5. The van der Waals surface area contributed by atoms with E-state index < -0.39 is 29.3 Å². The van der Waals surface area contributed by atoms with E-state index in [1.807, 2.05) is 19.1 Å². The van der Waals surface area contributed by atoms with Gasteiger partial charge >= 0.3 is 0 Å². The summed E-state index contributed by atoms with van der Waals surface area (Å²) in [6, 6.07) is 16.3. The van der Waals surface area contributed by atoms with E-state index in [1.165, 1.54) is 36.3 Å². The summed E-state index contributed by atoms with van der Waals surface area (Å²) < 4.78 is 25.2. The number of carbonyl (C=O) groups excluding carboxylic acids is 2. The molecule has 1 aliphatic heterocycles. The van der Waals surface area contributed by atoms with Crippen molar-refractivity contribution in [3.63, 3.8) is 0 Å². The molecule has 1 N–H and O–H groups in total. The van der Waals surface area contributed by atoms with Gasteiger partial charge < -0.3 is 14.3 Å². The molecular formula is C27H19ClFNO5. The molecule has 35 heavy (non-hydrogen) atoms. The second-order valence-corrected chi connectivity index (χ2v) is 8.58. The third kappa shape index (κ3) is 3.74. The molecule has 0 saturated heterocycles. The van der Waals surface area contributed by atoms with E-state index in [1.54, 1.807) is 30.3 Å². The second kappa shape index (κ2) is 8.60. The van der Waals surface area contributed by atoms with Gasteiger partial charge in [-0.1, -0.05) is 41.9 Å². The normalized spacial score (nSPS) is 15.8. The topological polar surface area (TPSA) is 80.0 Å². The molecule has 0 bridgehead atoms. The van der Waals surface area contributed by atoms with Crippen molar-refractivity contribution in [3.05, 3.63) is 106 Å². The largest absolute Gasteiger partial charge is 0.503 e. The van der Waals surface area contributed by atoms with Gasteiger partial charge in [-0.3, -0.25) is 14.5 Å². The van der Waals surface area contributed by atoms with Gasteiger partial charge in [-0.05, 0) is 48.4 Å². The number of aryl methyl sites for hydroxylation is 1. The zero-order chi connectivity index (χ0) is 24.9. The monoisotopic (exact) mass is 491 g/mol. The number of halogens is 2. The number of methoxy groups -OCH3 is 1. The predicted molar refractivity (Wildman–Crippen MR) is 130 cm³/mol. The lowest BCUT2D eigenvalue weighted by molar-refractivity contribution is -0.117. The van der Waals surface area contributed by atoms with Crippen molar-refractivity contribution in [2.75, 3.05) is 12.0 Å². The number of nitrogens with zero attached hydrogens (tertiary/aromatic N) is 1. The number of aliphatic hydroxyl groups excluding tert-OH is 1. The Morgan fingerprint density at radius 1 is 1.11 bits per heavy atom. The van der Waals surface area contributed by atoms with Crippen molar-refractivity contribution in [2.24, 2.45) is 0 Å². The van der Waals surface area contributed by atoms with Gasteiger partial charge in [-0.15, -0.1) is 0 Å². The number of amides is 1. The van der Waals surface area contributed by atoms with Crippen molar-refractivity contribution in [3.8, 4) is 5.75 Å². The fourth-order valence-corrected chi connectivity index (χ4v) is 4.62. The fourth-order valence-electron chi connectivity index (χ4n) is 4.40. The van der Waals surface area contributed by atoms with Gasteiger partial charge in [0.1, 0.15) is 5.82 Å². The molecule has 0 spiro atoms. The maximum atomic E-state index is 14.1. The van der Waals surface area contributed by atoms with Crippen LogP contribution in [0.5, 0.6) is 5.75 Å². The van der Waals surface area contributed by atoms with Crippen LogP contribution in [0.2, 0.25) is 5.02 Å². The quantitative estimate of drug-likeness (QED) is 0.330. The Kier molecular flexibility index (Phi) is 5.57. The van der Waals surface area contributed by atoms with Crippen LogP contribution in [0.1, 0.15) is 27.7 Å². The number of rotatable bonds is 5.